The number of fused-ring (bicyclic) bond motifs is 6. The van der Waals surface area contributed by atoms with Gasteiger partial charge >= 0.3 is 0 Å². The average Bonchev–Trinajstić information content (AvgIpc) is 1.52. The maximum Gasteiger partial charge on any atom is 0.279 e. The molecule has 510 valence electrons. The van der Waals surface area contributed by atoms with E-state index in [9.17, 15) is 19.2 Å². The van der Waals surface area contributed by atoms with Crippen LogP contribution in [-0.4, -0.2) is 193 Å². The molecule has 14 rings (SSSR count). The molecule has 0 aliphatic carbocycles. The summed E-state index contributed by atoms with van der Waals surface area (Å²) in [5.74, 6) is 2.81. The van der Waals surface area contributed by atoms with Crippen molar-refractivity contribution in [1.29, 1.82) is 0 Å². The number of hydrogen-bond acceptors (Lipinski definition) is 26. The second-order valence-electron chi connectivity index (χ2n) is 24.3. The van der Waals surface area contributed by atoms with Gasteiger partial charge in [-0.2, -0.15) is 15.0 Å². The lowest BCUT2D eigenvalue weighted by molar-refractivity contribution is 0.0959. The minimum absolute atomic E-state index is 0.142. The number of thiazole rings is 3. The molecule has 9 aromatic rings. The number of aromatic nitrogens is 9. The normalized spacial score (nSPS) is 15.3. The highest BCUT2D eigenvalue weighted by atomic mass is 32.1. The molecule has 6 aromatic heterocycles. The first-order valence-electron chi connectivity index (χ1n) is 32.5. The number of carbonyl (C=O) groups is 4. The molecule has 11 heterocycles. The van der Waals surface area contributed by atoms with E-state index in [1.165, 1.54) is 55.8 Å². The Bertz CT molecular complexity index is 4480. The van der Waals surface area contributed by atoms with Gasteiger partial charge in [0.2, 0.25) is 17.8 Å². The Labute approximate surface area is 582 Å². The largest absolute Gasteiger partial charge is 0.369 e. The number of likely N-dealkylation sites (N-methyl/N-ethyl adjacent to an activating group) is 2. The molecule has 98 heavy (non-hydrogen) atoms. The molecule has 2 fully saturated rings. The Morgan fingerprint density at radius 2 is 0.847 bits per heavy atom. The van der Waals surface area contributed by atoms with Crippen LogP contribution in [0.2, 0.25) is 0 Å². The molecule has 0 atom stereocenters. The Morgan fingerprint density at radius 1 is 0.449 bits per heavy atom. The fourth-order valence-corrected chi connectivity index (χ4v) is 15.1. The number of hydrogen-bond donors (Lipinski definition) is 4. The van der Waals surface area contributed by atoms with Gasteiger partial charge in [-0.1, -0.05) is 0 Å². The lowest BCUT2D eigenvalue weighted by Gasteiger charge is -2.35. The summed E-state index contributed by atoms with van der Waals surface area (Å²) in [6, 6.07) is 19.9. The van der Waals surface area contributed by atoms with Crippen molar-refractivity contribution < 1.29 is 19.2 Å². The molecule has 2 saturated heterocycles. The van der Waals surface area contributed by atoms with Crippen LogP contribution in [-0.2, 0) is 0 Å². The monoisotopic (exact) mass is 1380 g/mol. The van der Waals surface area contributed by atoms with E-state index in [0.29, 0.717) is 94.6 Å². The van der Waals surface area contributed by atoms with Gasteiger partial charge in [0.15, 0.2) is 34.5 Å². The van der Waals surface area contributed by atoms with Crippen LogP contribution in [0.15, 0.2) is 79.3 Å². The van der Waals surface area contributed by atoms with Crippen molar-refractivity contribution in [3.8, 4) is 0 Å². The second-order valence-corrected chi connectivity index (χ2v) is 27.9. The summed E-state index contributed by atoms with van der Waals surface area (Å²) in [6.07, 6.45) is 5.05. The summed E-state index contributed by atoms with van der Waals surface area (Å²) in [7, 11) is 11.1. The van der Waals surface area contributed by atoms with Crippen molar-refractivity contribution in [3.05, 3.63) is 128 Å². The number of amides is 4. The van der Waals surface area contributed by atoms with Crippen molar-refractivity contribution in [2.45, 2.75) is 55.4 Å². The first-order chi connectivity index (χ1) is 47.1. The van der Waals surface area contributed by atoms with Crippen molar-refractivity contribution in [1.82, 2.24) is 60.0 Å². The van der Waals surface area contributed by atoms with E-state index in [1.807, 2.05) is 49.3 Å². The van der Waals surface area contributed by atoms with E-state index in [4.69, 9.17) is 15.0 Å². The van der Waals surface area contributed by atoms with Gasteiger partial charge in [0.25, 0.3) is 23.6 Å². The highest BCUT2D eigenvalue weighted by Crippen LogP contribution is 2.45. The number of aryl methyl sites for hydroxylation is 5. The maximum atomic E-state index is 13.0. The average molecular weight is 1380 g/mol. The summed E-state index contributed by atoms with van der Waals surface area (Å²) < 4.78 is 0. The van der Waals surface area contributed by atoms with E-state index in [0.717, 1.165) is 105 Å². The van der Waals surface area contributed by atoms with Crippen LogP contribution in [0.1, 0.15) is 88.7 Å². The predicted molar refractivity (Wildman–Crippen MR) is 394 cm³/mol. The van der Waals surface area contributed by atoms with Crippen LogP contribution in [0, 0.1) is 34.6 Å². The molecule has 0 unspecified atom stereocenters. The van der Waals surface area contributed by atoms with Crippen LogP contribution in [0.25, 0.3) is 0 Å². The number of anilines is 17. The molecule has 0 spiro atoms. The minimum Gasteiger partial charge on any atom is -0.369 e. The van der Waals surface area contributed by atoms with Gasteiger partial charge in [0.1, 0.15) is 32.1 Å². The van der Waals surface area contributed by atoms with Gasteiger partial charge in [-0.05, 0) is 141 Å². The lowest BCUT2D eigenvalue weighted by atomic mass is 10.1. The zero-order valence-electron chi connectivity index (χ0n) is 57.6. The summed E-state index contributed by atoms with van der Waals surface area (Å²) >= 11 is 4.49. The fraction of sp³-hybridized carbons (Fsp3) is 0.368. The second kappa shape index (κ2) is 28.6. The third-order valence-electron chi connectivity index (χ3n) is 17.7. The van der Waals surface area contributed by atoms with E-state index in [1.54, 1.807) is 80.8 Å². The van der Waals surface area contributed by atoms with Gasteiger partial charge in [0, 0.05) is 134 Å². The highest BCUT2D eigenvalue weighted by Gasteiger charge is 2.37. The predicted octanol–water partition coefficient (Wildman–Crippen LogP) is 10.7. The maximum absolute atomic E-state index is 13.0. The Hall–Kier alpha value is -10.0. The van der Waals surface area contributed by atoms with E-state index < -0.39 is 0 Å². The van der Waals surface area contributed by atoms with Crippen molar-refractivity contribution >= 4 is 153 Å². The lowest BCUT2D eigenvalue weighted by Crippen LogP contribution is -2.44. The van der Waals surface area contributed by atoms with Crippen LogP contribution < -0.4 is 60.5 Å². The zero-order chi connectivity index (χ0) is 69.4. The van der Waals surface area contributed by atoms with Gasteiger partial charge in [-0.15, -0.1) is 34.0 Å². The van der Waals surface area contributed by atoms with E-state index >= 15 is 0 Å². The molecule has 0 radical (unpaired) electrons. The van der Waals surface area contributed by atoms with Crippen molar-refractivity contribution in [2.75, 3.05) is 169 Å². The highest BCUT2D eigenvalue weighted by molar-refractivity contribution is 7.17. The van der Waals surface area contributed by atoms with Gasteiger partial charge in [-0.25, -0.2) is 29.9 Å². The topological polar surface area (TPSA) is 265 Å². The van der Waals surface area contributed by atoms with E-state index in [2.05, 4.69) is 142 Å². The number of carbonyl (C=O) groups excluding carboxylic acids is 4. The third kappa shape index (κ3) is 13.7. The van der Waals surface area contributed by atoms with Crippen LogP contribution in [0.3, 0.4) is 0 Å². The van der Waals surface area contributed by atoms with Gasteiger partial charge in [0.05, 0.1) is 33.6 Å². The minimum atomic E-state index is -0.180. The van der Waals surface area contributed by atoms with Crippen LogP contribution in [0.5, 0.6) is 0 Å². The third-order valence-corrected chi connectivity index (χ3v) is 20.7. The summed E-state index contributed by atoms with van der Waals surface area (Å²) in [4.78, 5) is 112. The Balaban J connectivity index is 0.000000140. The van der Waals surface area contributed by atoms with Crippen molar-refractivity contribution in [2.24, 2.45) is 0 Å². The molecule has 4 amide bonds. The van der Waals surface area contributed by atoms with Gasteiger partial charge < -0.3 is 70.3 Å². The first kappa shape index (κ1) is 67.9. The molecule has 3 aromatic carbocycles. The smallest absolute Gasteiger partial charge is 0.279 e. The zero-order valence-corrected chi connectivity index (χ0v) is 60.1. The summed E-state index contributed by atoms with van der Waals surface area (Å²) in [5.41, 5.74) is 11.4. The molecule has 0 bridgehead atoms. The number of rotatable bonds is 12. The standard InChI is InChI=1S/2C24H30N8OS.C20H21N7O2S/c1-6-32-21-19(30(5)22(33)20-23(32)34-16(3)26-20)14-25-24(28-21)27-18-8-7-17(13-15(18)2)31-11-9-29(4)10-12-31;1-6-32-21-19(30(5)22(33)20-23(32)34-16(3)26-20)14-25-24(28-21)27-17-7-8-18(15(2)13-17)31-11-9-29(4)10-12-31;1-5-27-16-14(26(4)18(29)15-19(27)30-11(2)23-15)10-22-20(25-16)24-13-8-6-12(7-9-13)17(28)21-3/h2*7-8,13-14H,6,9-12H2,1-5H3,(H,25,27,28);6-10H,5H2,1-4H3,(H,21,28)(H,22,24,25). The number of benzene rings is 3. The molecule has 5 aliphatic rings. The number of nitrogens with one attached hydrogen (secondary N) is 4. The Kier molecular flexibility index (Phi) is 19.8. The SMILES string of the molecule is CCN1c2nc(Nc3ccc(C(=O)NC)cc3)ncc2N(C)C(=O)c2nc(C)sc21.CCN1c2nc(Nc3ccc(N4CCN(C)CC4)c(C)c3)ncc2N(C)C(=O)c2nc(C)sc21.CCN1c2nc(Nc3ccc(N4CCN(C)CC4)cc3C)ncc2N(C)C(=O)c2nc(C)sc21. The van der Waals surface area contributed by atoms with Crippen molar-refractivity contribution in [3.63, 3.8) is 0 Å². The Morgan fingerprint density at radius 3 is 1.24 bits per heavy atom. The van der Waals surface area contributed by atoms with Crippen LogP contribution >= 0.6 is 34.0 Å². The molecular weight excluding hydrogens is 1300 g/mol. The molecule has 30 heteroatoms. The molecule has 27 nitrogen and oxygen atoms in total. The molecule has 4 N–H and O–H groups in total. The number of nitrogens with zero attached hydrogens (tertiary/aromatic N) is 19. The molecule has 5 aliphatic heterocycles. The molecular formula is C68H81N23O4S3. The summed E-state index contributed by atoms with van der Waals surface area (Å²) in [5, 5.41) is 17.5. The quantitative estimate of drug-likeness (QED) is 0.0885. The molecule has 0 saturated carbocycles. The fourth-order valence-electron chi connectivity index (χ4n) is 12.2. The van der Waals surface area contributed by atoms with Gasteiger partial charge in [-0.3, -0.25) is 19.2 Å². The van der Waals surface area contributed by atoms with Crippen LogP contribution in [0.4, 0.5) is 95.8 Å². The first-order valence-corrected chi connectivity index (χ1v) is 35.0. The summed E-state index contributed by atoms with van der Waals surface area (Å²) in [6.45, 7) is 26.5. The van der Waals surface area contributed by atoms with E-state index in [-0.39, 0.29) is 23.6 Å². The number of piperazine rings is 2.